The first-order valence-electron chi connectivity index (χ1n) is 5.37. The summed E-state index contributed by atoms with van der Waals surface area (Å²) in [6.45, 7) is 0. The number of halogens is 1. The molecule has 3 heteroatoms. The van der Waals surface area contributed by atoms with Gasteiger partial charge in [0.05, 0.1) is 0 Å². The quantitative estimate of drug-likeness (QED) is 0.686. The van der Waals surface area contributed by atoms with E-state index in [1.165, 1.54) is 15.3 Å². The predicted molar refractivity (Wildman–Crippen MR) is 79.7 cm³/mol. The summed E-state index contributed by atoms with van der Waals surface area (Å²) in [4.78, 5) is 8.56. The second kappa shape index (κ2) is 5.49. The molecule has 1 N–H and O–H groups in total. The van der Waals surface area contributed by atoms with Gasteiger partial charge in [-0.15, -0.1) is 0 Å². The van der Waals surface area contributed by atoms with E-state index in [9.17, 15) is 5.11 Å². The first-order chi connectivity index (χ1) is 8.16. The number of hydrogen-bond acceptors (Lipinski definition) is 2. The fraction of sp³-hybridized carbons (Fsp3) is 0.214. The van der Waals surface area contributed by atoms with Crippen LogP contribution in [0.2, 0.25) is 0 Å². The zero-order valence-electron chi connectivity index (χ0n) is 10.0. The van der Waals surface area contributed by atoms with E-state index in [0.29, 0.717) is 0 Å². The van der Waals surface area contributed by atoms with E-state index in [1.54, 1.807) is 6.20 Å². The Morgan fingerprint density at radius 1 is 1.12 bits per heavy atom. The standard InChI is InChI=1S/C14H16INO/c1-15(2)13-5-3-11(4-6-13)9-12-7-8-16-10-14(12)17/h3-8,10,17H,9H2,1-2H3. The van der Waals surface area contributed by atoms with Crippen LogP contribution in [0.4, 0.5) is 0 Å². The van der Waals surface area contributed by atoms with Crippen molar-refractivity contribution in [3.05, 3.63) is 57.4 Å². The first kappa shape index (κ1) is 12.4. The van der Waals surface area contributed by atoms with Gasteiger partial charge in [-0.2, -0.15) is 0 Å². The number of rotatable bonds is 3. The van der Waals surface area contributed by atoms with Crippen molar-refractivity contribution in [3.8, 4) is 5.75 Å². The molecule has 0 aliphatic rings. The molecule has 0 aliphatic carbocycles. The van der Waals surface area contributed by atoms with Crippen LogP contribution in [0.3, 0.4) is 0 Å². The van der Waals surface area contributed by atoms with Crippen molar-refractivity contribution in [3.63, 3.8) is 0 Å². The molecule has 90 valence electrons. The van der Waals surface area contributed by atoms with Crippen LogP contribution in [-0.4, -0.2) is 20.0 Å². The number of aromatic hydroxyl groups is 1. The monoisotopic (exact) mass is 341 g/mol. The summed E-state index contributed by atoms with van der Waals surface area (Å²) in [7, 11) is 0. The SMILES string of the molecule is CI(C)c1ccc(Cc2ccncc2O)cc1. The minimum atomic E-state index is -0.865. The third-order valence-corrected chi connectivity index (χ3v) is 5.84. The molecular formula is C14H16INO. The Labute approximate surface area is 109 Å². The van der Waals surface area contributed by atoms with Gasteiger partial charge in [0.1, 0.15) is 0 Å². The van der Waals surface area contributed by atoms with Crippen LogP contribution in [0.5, 0.6) is 5.75 Å². The molecule has 0 aliphatic heterocycles. The molecule has 1 aromatic carbocycles. The van der Waals surface area contributed by atoms with E-state index in [0.717, 1.165) is 12.0 Å². The van der Waals surface area contributed by atoms with Gasteiger partial charge in [-0.3, -0.25) is 0 Å². The molecule has 0 saturated heterocycles. The maximum absolute atomic E-state index is 9.66. The molecule has 0 fully saturated rings. The van der Waals surface area contributed by atoms with Gasteiger partial charge in [0, 0.05) is 0 Å². The van der Waals surface area contributed by atoms with Crippen molar-refractivity contribution in [2.45, 2.75) is 6.42 Å². The van der Waals surface area contributed by atoms with Crippen LogP contribution in [0.1, 0.15) is 11.1 Å². The predicted octanol–water partition coefficient (Wildman–Crippen LogP) is 3.31. The Balaban J connectivity index is 2.17. The fourth-order valence-corrected chi connectivity index (χ4v) is 3.44. The van der Waals surface area contributed by atoms with Crippen LogP contribution in [0.15, 0.2) is 42.7 Å². The molecule has 0 amide bonds. The second-order valence-corrected chi connectivity index (χ2v) is 9.62. The van der Waals surface area contributed by atoms with Crippen LogP contribution < -0.4 is 0 Å². The molecule has 2 nitrogen and oxygen atoms in total. The van der Waals surface area contributed by atoms with E-state index in [-0.39, 0.29) is 5.75 Å². The van der Waals surface area contributed by atoms with E-state index in [1.807, 2.05) is 6.07 Å². The van der Waals surface area contributed by atoms with Gasteiger partial charge < -0.3 is 0 Å². The van der Waals surface area contributed by atoms with Gasteiger partial charge in [-0.05, 0) is 0 Å². The molecule has 0 bridgehead atoms. The average molecular weight is 341 g/mol. The number of pyridine rings is 1. The number of alkyl halides is 2. The summed E-state index contributed by atoms with van der Waals surface area (Å²) in [6.07, 6.45) is 3.97. The summed E-state index contributed by atoms with van der Waals surface area (Å²) in [6, 6.07) is 10.6. The van der Waals surface area contributed by atoms with Crippen molar-refractivity contribution >= 4 is 19.8 Å². The van der Waals surface area contributed by atoms with E-state index in [2.05, 4.69) is 39.1 Å². The topological polar surface area (TPSA) is 33.1 Å². The zero-order chi connectivity index (χ0) is 12.3. The van der Waals surface area contributed by atoms with E-state index < -0.39 is 19.8 Å². The summed E-state index contributed by atoms with van der Waals surface area (Å²) in [5.74, 6) is 0.274. The van der Waals surface area contributed by atoms with Gasteiger partial charge in [-0.1, -0.05) is 0 Å². The van der Waals surface area contributed by atoms with Gasteiger partial charge in [0.2, 0.25) is 0 Å². The molecule has 0 unspecified atom stereocenters. The molecule has 0 radical (unpaired) electrons. The first-order valence-corrected chi connectivity index (χ1v) is 10.8. The number of nitrogens with zero attached hydrogens (tertiary/aromatic N) is 1. The van der Waals surface area contributed by atoms with Crippen LogP contribution in [0.25, 0.3) is 0 Å². The summed E-state index contributed by atoms with van der Waals surface area (Å²) < 4.78 is 1.50. The molecule has 17 heavy (non-hydrogen) atoms. The summed E-state index contributed by atoms with van der Waals surface area (Å²) in [5.41, 5.74) is 2.16. The minimum absolute atomic E-state index is 0.274. The molecule has 2 aromatic rings. The molecule has 1 aromatic heterocycles. The number of hydrogen-bond donors (Lipinski definition) is 1. The molecular weight excluding hydrogens is 325 g/mol. The van der Waals surface area contributed by atoms with Crippen LogP contribution in [0, 0.1) is 3.57 Å². The van der Waals surface area contributed by atoms with Crippen molar-refractivity contribution < 1.29 is 5.11 Å². The van der Waals surface area contributed by atoms with Crippen molar-refractivity contribution in [1.29, 1.82) is 0 Å². The Morgan fingerprint density at radius 3 is 2.41 bits per heavy atom. The maximum atomic E-state index is 9.66. The molecule has 2 rings (SSSR count). The molecule has 0 saturated carbocycles. The Hall–Kier alpha value is -1.10. The average Bonchev–Trinajstić information content (AvgIpc) is 2.33. The zero-order valence-corrected chi connectivity index (χ0v) is 12.2. The fourth-order valence-electron chi connectivity index (χ4n) is 1.64. The molecule has 0 spiro atoms. The number of aromatic nitrogens is 1. The third-order valence-electron chi connectivity index (χ3n) is 2.63. The van der Waals surface area contributed by atoms with Gasteiger partial charge in [-0.25, -0.2) is 0 Å². The van der Waals surface area contributed by atoms with Crippen molar-refractivity contribution in [2.24, 2.45) is 0 Å². The Morgan fingerprint density at radius 2 is 1.82 bits per heavy atom. The summed E-state index contributed by atoms with van der Waals surface area (Å²) >= 11 is -0.865. The van der Waals surface area contributed by atoms with Gasteiger partial charge in [0.25, 0.3) is 0 Å². The third kappa shape index (κ3) is 3.19. The molecule has 1 heterocycles. The van der Waals surface area contributed by atoms with Crippen LogP contribution >= 0.6 is 19.8 Å². The van der Waals surface area contributed by atoms with Crippen molar-refractivity contribution in [1.82, 2.24) is 4.98 Å². The van der Waals surface area contributed by atoms with Gasteiger partial charge >= 0.3 is 109 Å². The van der Waals surface area contributed by atoms with Crippen molar-refractivity contribution in [2.75, 3.05) is 9.86 Å². The number of benzene rings is 1. The van der Waals surface area contributed by atoms with E-state index >= 15 is 0 Å². The Bertz CT molecular complexity index is 494. The van der Waals surface area contributed by atoms with Gasteiger partial charge in [0.15, 0.2) is 0 Å². The summed E-state index contributed by atoms with van der Waals surface area (Å²) in [5, 5.41) is 9.66. The van der Waals surface area contributed by atoms with E-state index in [4.69, 9.17) is 0 Å². The normalized spacial score (nSPS) is 11.3. The second-order valence-electron chi connectivity index (χ2n) is 4.06. The van der Waals surface area contributed by atoms with Crippen LogP contribution in [-0.2, 0) is 6.42 Å². The Kier molecular flexibility index (Phi) is 3.99. The molecule has 0 atom stereocenters.